The normalized spacial score (nSPS) is 10.5. The van der Waals surface area contributed by atoms with Gasteiger partial charge < -0.3 is 14.8 Å². The summed E-state index contributed by atoms with van der Waals surface area (Å²) in [7, 11) is 2.51. The van der Waals surface area contributed by atoms with Crippen LogP contribution in [0.2, 0.25) is 10.0 Å². The van der Waals surface area contributed by atoms with Crippen molar-refractivity contribution in [3.63, 3.8) is 0 Å². The highest BCUT2D eigenvalue weighted by Gasteiger charge is 2.26. The van der Waals surface area contributed by atoms with Crippen LogP contribution < -0.4 is 10.6 Å². The molecule has 0 bridgehead atoms. The van der Waals surface area contributed by atoms with E-state index >= 15 is 0 Å². The zero-order valence-corrected chi connectivity index (χ0v) is 20.2. The van der Waals surface area contributed by atoms with Crippen molar-refractivity contribution < 1.29 is 19.1 Å². The third kappa shape index (κ3) is 5.36. The number of hydrogen-bond acceptors (Lipinski definition) is 8. The number of ether oxygens (including phenoxy) is 2. The van der Waals surface area contributed by atoms with Crippen LogP contribution in [0, 0.1) is 6.92 Å². The number of thiophene rings is 1. The minimum absolute atomic E-state index is 0.120. The van der Waals surface area contributed by atoms with Gasteiger partial charge >= 0.3 is 11.9 Å². The van der Waals surface area contributed by atoms with Crippen LogP contribution in [0.1, 0.15) is 31.2 Å². The van der Waals surface area contributed by atoms with Gasteiger partial charge in [-0.2, -0.15) is 0 Å². The molecule has 3 rings (SSSR count). The van der Waals surface area contributed by atoms with Gasteiger partial charge in [-0.1, -0.05) is 29.3 Å². The second-order valence-corrected chi connectivity index (χ2v) is 8.60. The molecule has 1 aromatic carbocycles. The molecule has 168 valence electrons. The summed E-state index contributed by atoms with van der Waals surface area (Å²) in [5.74, 6) is -0.944. The summed E-state index contributed by atoms with van der Waals surface area (Å²) in [4.78, 5) is 28.7. The number of halogens is 2. The second-order valence-electron chi connectivity index (χ2n) is 6.32. The molecule has 13 heteroatoms. The largest absolute Gasteiger partial charge is 0.465 e. The van der Waals surface area contributed by atoms with Crippen molar-refractivity contribution in [1.82, 2.24) is 14.8 Å². The van der Waals surface area contributed by atoms with Crippen molar-refractivity contribution in [2.75, 3.05) is 24.9 Å². The van der Waals surface area contributed by atoms with Crippen molar-refractivity contribution in [2.24, 2.45) is 0 Å². The Hall–Kier alpha value is -2.73. The van der Waals surface area contributed by atoms with E-state index in [-0.39, 0.29) is 21.5 Å². The summed E-state index contributed by atoms with van der Waals surface area (Å²) >= 11 is 18.5. The predicted molar refractivity (Wildman–Crippen MR) is 127 cm³/mol. The quantitative estimate of drug-likeness (QED) is 0.366. The van der Waals surface area contributed by atoms with E-state index in [1.54, 1.807) is 29.8 Å². The zero-order chi connectivity index (χ0) is 23.4. The molecule has 0 saturated carbocycles. The molecule has 32 heavy (non-hydrogen) atoms. The molecule has 0 unspecified atom stereocenters. The van der Waals surface area contributed by atoms with Crippen molar-refractivity contribution in [3.8, 4) is 0 Å². The fourth-order valence-electron chi connectivity index (χ4n) is 2.73. The number of nitrogens with one attached hydrogen (secondary N) is 2. The van der Waals surface area contributed by atoms with Crippen molar-refractivity contribution in [2.45, 2.75) is 13.5 Å². The summed E-state index contributed by atoms with van der Waals surface area (Å²) in [6, 6.07) is 5.19. The monoisotopic (exact) mass is 513 g/mol. The Kier molecular flexibility index (Phi) is 7.67. The van der Waals surface area contributed by atoms with Crippen LogP contribution in [0.4, 0.5) is 10.9 Å². The molecule has 0 atom stereocenters. The number of esters is 2. The standard InChI is InChI=1S/C19H17Cl2N5O4S2/c1-9-13(16(27)29-2)15(32-14(9)17(28)30-3)23-19(31)24-18-22-8-26(25-18)7-10-4-5-11(20)6-12(10)21/h4-6,8H,7H2,1-3H3,(H2,23,24,25,31). The zero-order valence-electron chi connectivity index (χ0n) is 17.1. The topological polar surface area (TPSA) is 107 Å². The lowest BCUT2D eigenvalue weighted by Crippen LogP contribution is -2.21. The van der Waals surface area contributed by atoms with Gasteiger partial charge in [0.1, 0.15) is 16.2 Å². The highest BCUT2D eigenvalue weighted by atomic mass is 35.5. The summed E-state index contributed by atoms with van der Waals surface area (Å²) in [6.07, 6.45) is 1.51. The molecule has 9 nitrogen and oxygen atoms in total. The molecule has 0 aliphatic carbocycles. The molecular formula is C19H17Cl2N5O4S2. The van der Waals surface area contributed by atoms with Gasteiger partial charge in [-0.3, -0.25) is 5.32 Å². The van der Waals surface area contributed by atoms with Crippen molar-refractivity contribution in [1.29, 1.82) is 0 Å². The fraction of sp³-hybridized carbons (Fsp3) is 0.211. The first kappa shape index (κ1) is 23.9. The maximum atomic E-state index is 12.2. The van der Waals surface area contributed by atoms with Gasteiger partial charge in [0.05, 0.1) is 26.3 Å². The second kappa shape index (κ2) is 10.3. The molecule has 2 heterocycles. The lowest BCUT2D eigenvalue weighted by molar-refractivity contribution is 0.0601. The minimum Gasteiger partial charge on any atom is -0.465 e. The summed E-state index contributed by atoms with van der Waals surface area (Å²) in [6.45, 7) is 2.01. The average molecular weight is 514 g/mol. The molecule has 0 aliphatic heterocycles. The van der Waals surface area contributed by atoms with Crippen LogP contribution in [0.3, 0.4) is 0 Å². The van der Waals surface area contributed by atoms with Crippen LogP contribution in [0.25, 0.3) is 0 Å². The highest BCUT2D eigenvalue weighted by molar-refractivity contribution is 7.80. The van der Waals surface area contributed by atoms with Crippen LogP contribution in [0.5, 0.6) is 0 Å². The third-order valence-corrected chi connectivity index (χ3v) is 6.22. The summed E-state index contributed by atoms with van der Waals surface area (Å²) < 4.78 is 11.2. The van der Waals surface area contributed by atoms with E-state index in [2.05, 4.69) is 20.7 Å². The molecule has 0 aliphatic rings. The lowest BCUT2D eigenvalue weighted by Gasteiger charge is -2.08. The molecule has 0 amide bonds. The van der Waals surface area contributed by atoms with Gasteiger partial charge in [-0.15, -0.1) is 16.4 Å². The van der Waals surface area contributed by atoms with Crippen LogP contribution in [-0.4, -0.2) is 46.0 Å². The van der Waals surface area contributed by atoms with E-state index < -0.39 is 11.9 Å². The first-order valence-corrected chi connectivity index (χ1v) is 10.9. The van der Waals surface area contributed by atoms with Crippen LogP contribution in [-0.2, 0) is 16.0 Å². The van der Waals surface area contributed by atoms with Gasteiger partial charge in [-0.25, -0.2) is 19.3 Å². The predicted octanol–water partition coefficient (Wildman–Crippen LogP) is 4.39. The molecule has 0 fully saturated rings. The number of aromatic nitrogens is 3. The maximum Gasteiger partial charge on any atom is 0.348 e. The number of anilines is 2. The Balaban J connectivity index is 1.74. The van der Waals surface area contributed by atoms with E-state index in [1.165, 1.54) is 20.5 Å². The highest BCUT2D eigenvalue weighted by Crippen LogP contribution is 2.34. The fourth-order valence-corrected chi connectivity index (χ4v) is 4.57. The van der Waals surface area contributed by atoms with Gasteiger partial charge in [-0.05, 0) is 42.4 Å². The Morgan fingerprint density at radius 3 is 2.56 bits per heavy atom. The first-order valence-electron chi connectivity index (χ1n) is 8.94. The minimum atomic E-state index is -0.610. The third-order valence-electron chi connectivity index (χ3n) is 4.24. The molecule has 0 radical (unpaired) electrons. The molecule has 2 N–H and O–H groups in total. The van der Waals surface area contributed by atoms with E-state index in [0.717, 1.165) is 16.9 Å². The van der Waals surface area contributed by atoms with E-state index in [9.17, 15) is 9.59 Å². The van der Waals surface area contributed by atoms with Crippen LogP contribution >= 0.6 is 46.8 Å². The molecule has 2 aromatic heterocycles. The van der Waals surface area contributed by atoms with E-state index in [1.807, 2.05) is 0 Å². The number of carbonyl (C=O) groups excluding carboxylic acids is 2. The van der Waals surface area contributed by atoms with Gasteiger partial charge in [0.2, 0.25) is 5.95 Å². The Morgan fingerprint density at radius 1 is 1.19 bits per heavy atom. The van der Waals surface area contributed by atoms with Gasteiger partial charge in [0.25, 0.3) is 0 Å². The van der Waals surface area contributed by atoms with E-state index in [4.69, 9.17) is 44.9 Å². The van der Waals surface area contributed by atoms with E-state index in [0.29, 0.717) is 27.2 Å². The molecule has 0 spiro atoms. The number of benzene rings is 1. The number of methoxy groups -OCH3 is 2. The maximum absolute atomic E-state index is 12.2. The number of thiocarbonyl (C=S) groups is 1. The van der Waals surface area contributed by atoms with Crippen LogP contribution in [0.15, 0.2) is 24.5 Å². The number of rotatable bonds is 6. The Bertz CT molecular complexity index is 1190. The average Bonchev–Trinajstić information content (AvgIpc) is 3.32. The molecular weight excluding hydrogens is 497 g/mol. The molecule has 0 saturated heterocycles. The Labute approximate surface area is 202 Å². The van der Waals surface area contributed by atoms with Crippen molar-refractivity contribution >= 4 is 74.8 Å². The number of hydrogen-bond donors (Lipinski definition) is 2. The smallest absolute Gasteiger partial charge is 0.348 e. The SMILES string of the molecule is COC(=O)c1sc(NC(=S)Nc2ncn(Cc3ccc(Cl)cc3Cl)n2)c(C(=O)OC)c1C. The lowest BCUT2D eigenvalue weighted by atomic mass is 10.1. The Morgan fingerprint density at radius 2 is 1.91 bits per heavy atom. The first-order chi connectivity index (χ1) is 15.2. The van der Waals surface area contributed by atoms with Gasteiger partial charge in [0.15, 0.2) is 5.11 Å². The summed E-state index contributed by atoms with van der Waals surface area (Å²) in [5.41, 5.74) is 1.44. The number of nitrogens with zero attached hydrogens (tertiary/aromatic N) is 3. The summed E-state index contributed by atoms with van der Waals surface area (Å²) in [5, 5.41) is 11.5. The van der Waals surface area contributed by atoms with Gasteiger partial charge in [0, 0.05) is 10.0 Å². The number of carbonyl (C=O) groups is 2. The van der Waals surface area contributed by atoms with Crippen molar-refractivity contribution in [3.05, 3.63) is 56.1 Å². The molecule has 3 aromatic rings.